The van der Waals surface area contributed by atoms with Crippen molar-refractivity contribution in [2.45, 2.75) is 19.8 Å². The Morgan fingerprint density at radius 3 is 2.03 bits per heavy atom. The van der Waals surface area contributed by atoms with Crippen molar-refractivity contribution in [2.75, 3.05) is 39.9 Å². The van der Waals surface area contributed by atoms with Gasteiger partial charge in [-0.2, -0.15) is 0 Å². The van der Waals surface area contributed by atoms with Crippen LogP contribution < -0.4 is 9.47 Å². The van der Waals surface area contributed by atoms with Gasteiger partial charge in [-0.25, -0.2) is 0 Å². The van der Waals surface area contributed by atoms with Crippen molar-refractivity contribution in [3.8, 4) is 11.5 Å². The Labute approximate surface area is 177 Å². The lowest BCUT2D eigenvalue weighted by molar-refractivity contribution is 0.0535. The van der Waals surface area contributed by atoms with E-state index in [4.69, 9.17) is 9.47 Å². The van der Waals surface area contributed by atoms with Gasteiger partial charge < -0.3 is 19.3 Å². The van der Waals surface area contributed by atoms with Crippen LogP contribution in [0.2, 0.25) is 0 Å². The maximum absolute atomic E-state index is 12.8. The third kappa shape index (κ3) is 4.58. The van der Waals surface area contributed by atoms with Crippen LogP contribution in [-0.2, 0) is 0 Å². The number of carbonyl (C=O) groups is 2. The first kappa shape index (κ1) is 20.3. The maximum Gasteiger partial charge on any atom is 0.254 e. The molecule has 0 spiro atoms. The van der Waals surface area contributed by atoms with Crippen LogP contribution in [0.5, 0.6) is 11.5 Å². The Bertz CT molecular complexity index is 913. The number of rotatable bonds is 6. The van der Waals surface area contributed by atoms with E-state index in [9.17, 15) is 9.59 Å². The summed E-state index contributed by atoms with van der Waals surface area (Å²) in [5.41, 5.74) is 2.25. The summed E-state index contributed by atoms with van der Waals surface area (Å²) in [6.07, 6.45) is 2.50. The molecule has 4 rings (SSSR count). The molecule has 0 radical (unpaired) electrons. The van der Waals surface area contributed by atoms with E-state index in [0.717, 1.165) is 17.9 Å². The van der Waals surface area contributed by atoms with Crippen molar-refractivity contribution < 1.29 is 19.1 Å². The van der Waals surface area contributed by atoms with Crippen LogP contribution in [0.3, 0.4) is 0 Å². The Morgan fingerprint density at radius 2 is 1.47 bits per heavy atom. The normalized spacial score (nSPS) is 16.3. The highest BCUT2D eigenvalue weighted by Gasteiger charge is 2.26. The van der Waals surface area contributed by atoms with Gasteiger partial charge >= 0.3 is 0 Å². The van der Waals surface area contributed by atoms with Crippen LogP contribution in [0, 0.1) is 12.8 Å². The van der Waals surface area contributed by atoms with E-state index in [2.05, 4.69) is 0 Å². The molecule has 0 unspecified atom stereocenters. The van der Waals surface area contributed by atoms with Crippen molar-refractivity contribution in [2.24, 2.45) is 5.92 Å². The molecule has 0 bridgehead atoms. The molecule has 6 nitrogen and oxygen atoms in total. The zero-order valence-electron chi connectivity index (χ0n) is 17.6. The zero-order valence-corrected chi connectivity index (χ0v) is 17.6. The van der Waals surface area contributed by atoms with Crippen LogP contribution in [-0.4, -0.2) is 61.5 Å². The van der Waals surface area contributed by atoms with Crippen LogP contribution in [0.15, 0.2) is 42.5 Å². The Morgan fingerprint density at radius 1 is 0.900 bits per heavy atom. The lowest BCUT2D eigenvalue weighted by Crippen LogP contribution is -2.50. The molecule has 30 heavy (non-hydrogen) atoms. The van der Waals surface area contributed by atoms with Crippen molar-refractivity contribution in [3.05, 3.63) is 59.2 Å². The third-order valence-corrected chi connectivity index (χ3v) is 5.79. The van der Waals surface area contributed by atoms with E-state index >= 15 is 0 Å². The fourth-order valence-corrected chi connectivity index (χ4v) is 3.62. The van der Waals surface area contributed by atoms with Gasteiger partial charge in [0.2, 0.25) is 0 Å². The summed E-state index contributed by atoms with van der Waals surface area (Å²) >= 11 is 0. The molecule has 2 aliphatic rings. The van der Waals surface area contributed by atoms with Crippen LogP contribution in [0.1, 0.15) is 39.1 Å². The van der Waals surface area contributed by atoms with E-state index < -0.39 is 0 Å². The number of aryl methyl sites for hydroxylation is 1. The second-order valence-corrected chi connectivity index (χ2v) is 8.05. The Kier molecular flexibility index (Phi) is 5.93. The SMILES string of the molecule is COc1cc(C(=O)N2CCN(C(=O)c3ccc(OCC4CC4)cc3)CC2)ccc1C. The number of piperazine rings is 1. The molecule has 2 fully saturated rings. The van der Waals surface area contributed by atoms with E-state index in [1.54, 1.807) is 23.0 Å². The zero-order chi connectivity index (χ0) is 21.1. The fraction of sp³-hybridized carbons (Fsp3) is 0.417. The van der Waals surface area contributed by atoms with Crippen molar-refractivity contribution in [1.82, 2.24) is 9.80 Å². The van der Waals surface area contributed by atoms with E-state index in [1.165, 1.54) is 12.8 Å². The highest BCUT2D eigenvalue weighted by Crippen LogP contribution is 2.29. The number of ether oxygens (including phenoxy) is 2. The average molecular weight is 408 g/mol. The van der Waals surface area contributed by atoms with Gasteiger partial charge in [-0.15, -0.1) is 0 Å². The summed E-state index contributed by atoms with van der Waals surface area (Å²) in [5.74, 6) is 2.18. The van der Waals surface area contributed by atoms with Gasteiger partial charge in [-0.1, -0.05) is 6.07 Å². The van der Waals surface area contributed by atoms with E-state index in [1.807, 2.05) is 43.3 Å². The molecular formula is C24H28N2O4. The summed E-state index contributed by atoms with van der Waals surface area (Å²) in [5, 5.41) is 0. The number of amides is 2. The molecule has 1 saturated carbocycles. The van der Waals surface area contributed by atoms with Gasteiger partial charge in [-0.05, 0) is 67.6 Å². The predicted octanol–water partition coefficient (Wildman–Crippen LogP) is 3.39. The molecular weight excluding hydrogens is 380 g/mol. The summed E-state index contributed by atoms with van der Waals surface area (Å²) < 4.78 is 11.1. The minimum absolute atomic E-state index is 0.00662. The second-order valence-electron chi connectivity index (χ2n) is 8.05. The maximum atomic E-state index is 12.8. The van der Waals surface area contributed by atoms with Gasteiger partial charge in [0, 0.05) is 37.3 Å². The molecule has 0 atom stereocenters. The number of carbonyl (C=O) groups excluding carboxylic acids is 2. The molecule has 158 valence electrons. The Balaban J connectivity index is 1.32. The molecule has 0 aromatic heterocycles. The molecule has 6 heteroatoms. The molecule has 1 saturated heterocycles. The molecule has 1 aliphatic heterocycles. The molecule has 1 heterocycles. The van der Waals surface area contributed by atoms with E-state index in [-0.39, 0.29) is 11.8 Å². The largest absolute Gasteiger partial charge is 0.496 e. The highest BCUT2D eigenvalue weighted by atomic mass is 16.5. The lowest BCUT2D eigenvalue weighted by Gasteiger charge is -2.35. The summed E-state index contributed by atoms with van der Waals surface area (Å²) in [4.78, 5) is 29.2. The van der Waals surface area contributed by atoms with Crippen LogP contribution >= 0.6 is 0 Å². The molecule has 2 aromatic carbocycles. The molecule has 2 aromatic rings. The molecule has 0 N–H and O–H groups in total. The number of nitrogens with zero attached hydrogens (tertiary/aromatic N) is 2. The number of methoxy groups -OCH3 is 1. The van der Waals surface area contributed by atoms with Gasteiger partial charge in [0.25, 0.3) is 11.8 Å². The quantitative estimate of drug-likeness (QED) is 0.735. The first-order chi connectivity index (χ1) is 14.5. The van der Waals surface area contributed by atoms with Crippen LogP contribution in [0.25, 0.3) is 0 Å². The lowest BCUT2D eigenvalue weighted by atomic mass is 10.1. The average Bonchev–Trinajstić information content (AvgIpc) is 3.62. The second kappa shape index (κ2) is 8.78. The fourth-order valence-electron chi connectivity index (χ4n) is 3.62. The number of benzene rings is 2. The van der Waals surface area contributed by atoms with Crippen molar-refractivity contribution in [3.63, 3.8) is 0 Å². The Hall–Kier alpha value is -3.02. The molecule has 1 aliphatic carbocycles. The summed E-state index contributed by atoms with van der Waals surface area (Å²) in [6, 6.07) is 12.9. The van der Waals surface area contributed by atoms with Gasteiger partial charge in [0.15, 0.2) is 0 Å². The smallest absolute Gasteiger partial charge is 0.254 e. The minimum atomic E-state index is -0.0300. The predicted molar refractivity (Wildman–Crippen MR) is 114 cm³/mol. The topological polar surface area (TPSA) is 59.1 Å². The monoisotopic (exact) mass is 408 g/mol. The number of hydrogen-bond acceptors (Lipinski definition) is 4. The van der Waals surface area contributed by atoms with Crippen molar-refractivity contribution >= 4 is 11.8 Å². The number of hydrogen-bond donors (Lipinski definition) is 0. The van der Waals surface area contributed by atoms with Gasteiger partial charge in [-0.3, -0.25) is 9.59 Å². The van der Waals surface area contributed by atoms with Crippen LogP contribution in [0.4, 0.5) is 0 Å². The summed E-state index contributed by atoms with van der Waals surface area (Å²) in [6.45, 7) is 4.78. The van der Waals surface area contributed by atoms with Gasteiger partial charge in [0.1, 0.15) is 11.5 Å². The van der Waals surface area contributed by atoms with Gasteiger partial charge in [0.05, 0.1) is 13.7 Å². The standard InChI is InChI=1S/C24H28N2O4/c1-17-3-6-20(15-22(17)29-2)24(28)26-13-11-25(12-14-26)23(27)19-7-9-21(10-8-19)30-16-18-4-5-18/h3,6-10,15,18H,4-5,11-14,16H2,1-2H3. The molecule has 2 amide bonds. The minimum Gasteiger partial charge on any atom is -0.496 e. The first-order valence-electron chi connectivity index (χ1n) is 10.5. The first-order valence-corrected chi connectivity index (χ1v) is 10.5. The van der Waals surface area contributed by atoms with Crippen molar-refractivity contribution in [1.29, 1.82) is 0 Å². The summed E-state index contributed by atoms with van der Waals surface area (Å²) in [7, 11) is 1.60. The third-order valence-electron chi connectivity index (χ3n) is 5.79. The van der Waals surface area contributed by atoms with E-state index in [0.29, 0.717) is 49.0 Å². The highest BCUT2D eigenvalue weighted by molar-refractivity contribution is 5.96.